The van der Waals surface area contributed by atoms with E-state index in [1.54, 1.807) is 0 Å². The zero-order valence-corrected chi connectivity index (χ0v) is 8.08. The summed E-state index contributed by atoms with van der Waals surface area (Å²) in [4.78, 5) is 10.1. The van der Waals surface area contributed by atoms with Crippen molar-refractivity contribution in [2.75, 3.05) is 0 Å². The van der Waals surface area contributed by atoms with Gasteiger partial charge in [-0.05, 0) is 25.3 Å². The average Bonchev–Trinajstić information content (AvgIpc) is 2.03. The highest BCUT2D eigenvalue weighted by molar-refractivity contribution is 5.65. The predicted octanol–water partition coefficient (Wildman–Crippen LogP) is 1.93. The molecule has 2 heteroatoms. The Labute approximate surface area is 74.3 Å². The lowest BCUT2D eigenvalue weighted by atomic mass is 9.96. The zero-order valence-electron chi connectivity index (χ0n) is 8.08. The van der Waals surface area contributed by atoms with Gasteiger partial charge in [0.05, 0.1) is 6.10 Å². The second kappa shape index (κ2) is 5.95. The molecule has 0 amide bonds. The van der Waals surface area contributed by atoms with Gasteiger partial charge < -0.3 is 5.11 Å². The van der Waals surface area contributed by atoms with E-state index in [0.717, 1.165) is 18.3 Å². The molecule has 0 spiro atoms. The van der Waals surface area contributed by atoms with Gasteiger partial charge in [-0.2, -0.15) is 0 Å². The fourth-order valence-corrected chi connectivity index (χ4v) is 0.987. The molecule has 0 aliphatic rings. The summed E-state index contributed by atoms with van der Waals surface area (Å²) in [6.07, 6.45) is 3.53. The highest BCUT2D eigenvalue weighted by atomic mass is 16.3. The van der Waals surface area contributed by atoms with Gasteiger partial charge >= 0.3 is 0 Å². The van der Waals surface area contributed by atoms with Crippen LogP contribution in [0.2, 0.25) is 0 Å². The average molecular weight is 170 g/mol. The molecule has 0 saturated carbocycles. The van der Waals surface area contributed by atoms with Gasteiger partial charge in [-0.3, -0.25) is 4.79 Å². The van der Waals surface area contributed by atoms with Crippen LogP contribution in [0.3, 0.4) is 0 Å². The Balaban J connectivity index is 3.90. The first-order valence-electron chi connectivity index (χ1n) is 4.40. The quantitative estimate of drug-likeness (QED) is 0.505. The zero-order chi connectivity index (χ0) is 9.56. The van der Waals surface area contributed by atoms with Crippen molar-refractivity contribution in [2.45, 2.75) is 39.7 Å². The van der Waals surface area contributed by atoms with Crippen molar-refractivity contribution in [1.82, 2.24) is 0 Å². The highest BCUT2D eigenvalue weighted by Gasteiger charge is 2.11. The molecule has 0 aliphatic carbocycles. The lowest BCUT2D eigenvalue weighted by molar-refractivity contribution is -0.104. The Bertz CT molecular complexity index is 161. The van der Waals surface area contributed by atoms with Crippen LogP contribution in [0.25, 0.3) is 0 Å². The molecule has 12 heavy (non-hydrogen) atoms. The third-order valence-corrected chi connectivity index (χ3v) is 2.18. The maximum absolute atomic E-state index is 10.1. The van der Waals surface area contributed by atoms with Crippen molar-refractivity contribution in [3.05, 3.63) is 11.6 Å². The second-order valence-corrected chi connectivity index (χ2v) is 3.31. The summed E-state index contributed by atoms with van der Waals surface area (Å²) in [5.41, 5.74) is 0.942. The van der Waals surface area contributed by atoms with Crippen LogP contribution in [-0.2, 0) is 4.79 Å². The summed E-state index contributed by atoms with van der Waals surface area (Å²) < 4.78 is 0. The Hall–Kier alpha value is -0.630. The van der Waals surface area contributed by atoms with Crippen molar-refractivity contribution in [3.8, 4) is 0 Å². The summed E-state index contributed by atoms with van der Waals surface area (Å²) in [5, 5.41) is 9.56. The monoisotopic (exact) mass is 170 g/mol. The van der Waals surface area contributed by atoms with E-state index in [1.807, 2.05) is 20.8 Å². The van der Waals surface area contributed by atoms with Crippen molar-refractivity contribution in [1.29, 1.82) is 0 Å². The first kappa shape index (κ1) is 11.4. The minimum atomic E-state index is -0.314. The summed E-state index contributed by atoms with van der Waals surface area (Å²) in [5.74, 6) is 0.306. The van der Waals surface area contributed by atoms with Gasteiger partial charge in [0.1, 0.15) is 6.29 Å². The van der Waals surface area contributed by atoms with Crippen molar-refractivity contribution in [2.24, 2.45) is 5.92 Å². The van der Waals surface area contributed by atoms with Crippen LogP contribution in [0, 0.1) is 5.92 Å². The molecule has 2 atom stereocenters. The first-order valence-corrected chi connectivity index (χ1v) is 4.40. The largest absolute Gasteiger partial charge is 0.393 e. The summed E-state index contributed by atoms with van der Waals surface area (Å²) in [6.45, 7) is 5.92. The molecule has 0 saturated heterocycles. The molecule has 1 N–H and O–H groups in total. The molecule has 0 fully saturated rings. The molecule has 0 aromatic rings. The first-order chi connectivity index (χ1) is 5.61. The summed E-state index contributed by atoms with van der Waals surface area (Å²) >= 11 is 0. The van der Waals surface area contributed by atoms with Crippen molar-refractivity contribution >= 4 is 6.29 Å². The Kier molecular flexibility index (Phi) is 5.64. The van der Waals surface area contributed by atoms with Crippen LogP contribution in [0.1, 0.15) is 33.6 Å². The normalized spacial score (nSPS) is 17.2. The minimum absolute atomic E-state index is 0.306. The molecule has 0 aromatic heterocycles. The number of carbonyl (C=O) groups excluding carboxylic acids is 1. The number of hydrogen-bond donors (Lipinski definition) is 1. The standard InChI is InChI=1S/C10H18O2/c1-4-9(3)10(12)7-8(2)5-6-11/h5-6,9-10,12H,4,7H2,1-3H3. The second-order valence-electron chi connectivity index (χ2n) is 3.31. The fourth-order valence-electron chi connectivity index (χ4n) is 0.987. The molecule has 2 unspecified atom stereocenters. The third-order valence-electron chi connectivity index (χ3n) is 2.18. The van der Waals surface area contributed by atoms with Gasteiger partial charge in [0, 0.05) is 0 Å². The number of rotatable bonds is 5. The van der Waals surface area contributed by atoms with E-state index < -0.39 is 0 Å². The van der Waals surface area contributed by atoms with E-state index in [0.29, 0.717) is 12.3 Å². The number of allylic oxidation sites excluding steroid dienone is 1. The van der Waals surface area contributed by atoms with Crippen LogP contribution < -0.4 is 0 Å². The molecular weight excluding hydrogens is 152 g/mol. The van der Waals surface area contributed by atoms with Crippen LogP contribution in [0.5, 0.6) is 0 Å². The van der Waals surface area contributed by atoms with Gasteiger partial charge in [0.25, 0.3) is 0 Å². The van der Waals surface area contributed by atoms with E-state index in [2.05, 4.69) is 0 Å². The van der Waals surface area contributed by atoms with Crippen LogP contribution in [0.4, 0.5) is 0 Å². The summed E-state index contributed by atoms with van der Waals surface area (Å²) in [7, 11) is 0. The van der Waals surface area contributed by atoms with E-state index in [9.17, 15) is 9.90 Å². The molecule has 0 aromatic carbocycles. The van der Waals surface area contributed by atoms with Gasteiger partial charge in [-0.15, -0.1) is 0 Å². The lowest BCUT2D eigenvalue weighted by Gasteiger charge is -2.16. The molecule has 70 valence electrons. The molecule has 0 radical (unpaired) electrons. The minimum Gasteiger partial charge on any atom is -0.393 e. The SMILES string of the molecule is CCC(C)C(O)CC(C)=CC=O. The van der Waals surface area contributed by atoms with Gasteiger partial charge in [0.2, 0.25) is 0 Å². The van der Waals surface area contributed by atoms with Crippen molar-refractivity contribution < 1.29 is 9.90 Å². The lowest BCUT2D eigenvalue weighted by Crippen LogP contribution is -2.16. The molecule has 0 aliphatic heterocycles. The van der Waals surface area contributed by atoms with Crippen LogP contribution in [0.15, 0.2) is 11.6 Å². The number of aldehydes is 1. The Morgan fingerprint density at radius 1 is 1.58 bits per heavy atom. The number of carbonyl (C=O) groups is 1. The molecular formula is C10H18O2. The number of hydrogen-bond acceptors (Lipinski definition) is 2. The van der Waals surface area contributed by atoms with Gasteiger partial charge in [-0.25, -0.2) is 0 Å². The molecule has 2 nitrogen and oxygen atoms in total. The van der Waals surface area contributed by atoms with Crippen molar-refractivity contribution in [3.63, 3.8) is 0 Å². The molecule has 0 heterocycles. The Morgan fingerprint density at radius 3 is 2.58 bits per heavy atom. The van der Waals surface area contributed by atoms with E-state index in [4.69, 9.17) is 0 Å². The number of aliphatic hydroxyl groups excluding tert-OH is 1. The van der Waals surface area contributed by atoms with E-state index >= 15 is 0 Å². The predicted molar refractivity (Wildman–Crippen MR) is 49.9 cm³/mol. The van der Waals surface area contributed by atoms with E-state index in [-0.39, 0.29) is 6.10 Å². The topological polar surface area (TPSA) is 37.3 Å². The van der Waals surface area contributed by atoms with Crippen LogP contribution in [-0.4, -0.2) is 17.5 Å². The highest BCUT2D eigenvalue weighted by Crippen LogP contribution is 2.14. The molecule has 0 bridgehead atoms. The number of aliphatic hydroxyl groups is 1. The maximum atomic E-state index is 10.1. The molecule has 0 rings (SSSR count). The van der Waals surface area contributed by atoms with Crippen LogP contribution >= 0.6 is 0 Å². The third kappa shape index (κ3) is 4.29. The Morgan fingerprint density at radius 2 is 2.17 bits per heavy atom. The summed E-state index contributed by atoms with van der Waals surface area (Å²) in [6, 6.07) is 0. The van der Waals surface area contributed by atoms with Gasteiger partial charge in [-0.1, -0.05) is 25.8 Å². The maximum Gasteiger partial charge on any atom is 0.142 e. The van der Waals surface area contributed by atoms with E-state index in [1.165, 1.54) is 6.08 Å². The van der Waals surface area contributed by atoms with Gasteiger partial charge in [0.15, 0.2) is 0 Å². The fraction of sp³-hybridized carbons (Fsp3) is 0.700. The smallest absolute Gasteiger partial charge is 0.142 e.